The molecule has 0 bridgehead atoms. The van der Waals surface area contributed by atoms with Crippen molar-refractivity contribution in [3.05, 3.63) is 120 Å². The molecule has 1 aliphatic carbocycles. The second-order valence-corrected chi connectivity index (χ2v) is 9.78. The Morgan fingerprint density at radius 1 is 0.833 bits per heavy atom. The minimum Gasteiger partial charge on any atom is -0.330 e. The molecule has 1 fully saturated rings. The van der Waals surface area contributed by atoms with Crippen LogP contribution >= 0.6 is 0 Å². The van der Waals surface area contributed by atoms with Crippen LogP contribution in [0.3, 0.4) is 0 Å². The van der Waals surface area contributed by atoms with Crippen LogP contribution in [0, 0.1) is 6.92 Å². The van der Waals surface area contributed by atoms with Crippen LogP contribution in [0.25, 0.3) is 5.69 Å². The molecule has 0 saturated heterocycles. The standard InChI is InChI=1S/C31H29N3O2/c1-22-13-15-24(16-14-22)31-28-12-7-19-32(28)26-10-5-6-11-27(26)34(31)30(36)21-33(25-17-18-25)29(35)20-23-8-3-2-4-9-23/h2-16,19,25,31H,17-18,20-21H2,1H3. The van der Waals surface area contributed by atoms with Gasteiger partial charge in [-0.2, -0.15) is 0 Å². The molecule has 5 nitrogen and oxygen atoms in total. The van der Waals surface area contributed by atoms with E-state index < -0.39 is 0 Å². The maximum absolute atomic E-state index is 14.2. The first-order chi connectivity index (χ1) is 17.6. The van der Waals surface area contributed by atoms with Crippen LogP contribution in [-0.4, -0.2) is 33.9 Å². The van der Waals surface area contributed by atoms with Crippen LogP contribution in [0.1, 0.15) is 41.3 Å². The van der Waals surface area contributed by atoms with Gasteiger partial charge in [0.25, 0.3) is 0 Å². The predicted octanol–water partition coefficient (Wildman–Crippen LogP) is 5.46. The van der Waals surface area contributed by atoms with Crippen molar-refractivity contribution in [3.63, 3.8) is 0 Å². The van der Waals surface area contributed by atoms with Crippen molar-refractivity contribution in [3.8, 4) is 5.69 Å². The largest absolute Gasteiger partial charge is 0.330 e. The summed E-state index contributed by atoms with van der Waals surface area (Å²) in [4.78, 5) is 31.2. The Kier molecular flexibility index (Phi) is 5.68. The molecular weight excluding hydrogens is 446 g/mol. The zero-order valence-electron chi connectivity index (χ0n) is 20.4. The van der Waals surface area contributed by atoms with Crippen molar-refractivity contribution >= 4 is 17.5 Å². The van der Waals surface area contributed by atoms with Gasteiger partial charge in [-0.25, -0.2) is 0 Å². The molecule has 0 N–H and O–H groups in total. The van der Waals surface area contributed by atoms with E-state index in [-0.39, 0.29) is 30.4 Å². The van der Waals surface area contributed by atoms with E-state index in [0.717, 1.165) is 41.0 Å². The van der Waals surface area contributed by atoms with E-state index in [9.17, 15) is 9.59 Å². The summed E-state index contributed by atoms with van der Waals surface area (Å²) in [5, 5.41) is 0. The van der Waals surface area contributed by atoms with Gasteiger partial charge in [-0.3, -0.25) is 14.5 Å². The van der Waals surface area contributed by atoms with E-state index in [1.807, 2.05) is 65.6 Å². The lowest BCUT2D eigenvalue weighted by molar-refractivity contribution is -0.135. The molecule has 1 aliphatic heterocycles. The highest BCUT2D eigenvalue weighted by Gasteiger charge is 2.39. The van der Waals surface area contributed by atoms with Gasteiger partial charge >= 0.3 is 0 Å². The summed E-state index contributed by atoms with van der Waals surface area (Å²) in [7, 11) is 0. The first-order valence-corrected chi connectivity index (χ1v) is 12.6. The SMILES string of the molecule is Cc1ccc(C2c3cccn3-c3ccccc3N2C(=O)CN(C(=O)Cc2ccccc2)C2CC2)cc1. The van der Waals surface area contributed by atoms with Gasteiger partial charge in [0.15, 0.2) is 0 Å². The fourth-order valence-corrected chi connectivity index (χ4v) is 5.23. The molecule has 2 amide bonds. The fourth-order valence-electron chi connectivity index (χ4n) is 5.23. The summed E-state index contributed by atoms with van der Waals surface area (Å²) in [6.45, 7) is 2.14. The maximum Gasteiger partial charge on any atom is 0.247 e. The quantitative estimate of drug-likeness (QED) is 0.372. The first-order valence-electron chi connectivity index (χ1n) is 12.6. The highest BCUT2D eigenvalue weighted by atomic mass is 16.2. The summed E-state index contributed by atoms with van der Waals surface area (Å²) in [6, 6.07) is 30.2. The van der Waals surface area contributed by atoms with Crippen LogP contribution in [0.5, 0.6) is 0 Å². The summed E-state index contributed by atoms with van der Waals surface area (Å²) >= 11 is 0. The number of anilines is 1. The van der Waals surface area contributed by atoms with E-state index in [2.05, 4.69) is 48.0 Å². The normalized spacial score (nSPS) is 16.2. The number of carbonyl (C=O) groups excluding carboxylic acids is 2. The summed E-state index contributed by atoms with van der Waals surface area (Å²) < 4.78 is 2.17. The van der Waals surface area contributed by atoms with Gasteiger partial charge in [0, 0.05) is 12.2 Å². The Hall–Kier alpha value is -4.12. The van der Waals surface area contributed by atoms with Gasteiger partial charge in [0.1, 0.15) is 12.6 Å². The van der Waals surface area contributed by atoms with E-state index in [4.69, 9.17) is 0 Å². The van der Waals surface area contributed by atoms with Crippen LogP contribution in [-0.2, 0) is 16.0 Å². The molecule has 0 radical (unpaired) electrons. The van der Waals surface area contributed by atoms with Gasteiger partial charge in [0.05, 0.1) is 23.5 Å². The minimum absolute atomic E-state index is 0.0117. The molecule has 3 aromatic carbocycles. The molecule has 36 heavy (non-hydrogen) atoms. The summed E-state index contributed by atoms with van der Waals surface area (Å²) in [6.07, 6.45) is 4.27. The molecule has 1 atom stereocenters. The minimum atomic E-state index is -0.270. The number of nitrogens with zero attached hydrogens (tertiary/aromatic N) is 3. The highest BCUT2D eigenvalue weighted by Crippen LogP contribution is 2.42. The van der Waals surface area contributed by atoms with E-state index in [1.54, 1.807) is 4.90 Å². The van der Waals surface area contributed by atoms with Gasteiger partial charge in [-0.05, 0) is 55.2 Å². The Labute approximate surface area is 211 Å². The van der Waals surface area contributed by atoms with E-state index >= 15 is 0 Å². The molecule has 5 heteroatoms. The molecular formula is C31H29N3O2. The second kappa shape index (κ2) is 9.15. The Morgan fingerprint density at radius 3 is 2.25 bits per heavy atom. The van der Waals surface area contributed by atoms with Crippen LogP contribution in [0.2, 0.25) is 0 Å². The van der Waals surface area contributed by atoms with Crippen molar-refractivity contribution < 1.29 is 9.59 Å². The topological polar surface area (TPSA) is 45.6 Å². The van der Waals surface area contributed by atoms with Gasteiger partial charge in [0.2, 0.25) is 11.8 Å². The number of amides is 2. The average Bonchev–Trinajstić information content (AvgIpc) is 3.62. The third-order valence-electron chi connectivity index (χ3n) is 7.19. The zero-order valence-corrected chi connectivity index (χ0v) is 20.4. The lowest BCUT2D eigenvalue weighted by Crippen LogP contribution is -2.47. The lowest BCUT2D eigenvalue weighted by Gasteiger charge is -2.39. The van der Waals surface area contributed by atoms with Crippen molar-refractivity contribution in [1.29, 1.82) is 0 Å². The lowest BCUT2D eigenvalue weighted by atomic mass is 9.97. The smallest absolute Gasteiger partial charge is 0.247 e. The number of aromatic nitrogens is 1. The number of carbonyl (C=O) groups is 2. The van der Waals surface area contributed by atoms with Crippen LogP contribution in [0.4, 0.5) is 5.69 Å². The number of hydrogen-bond donors (Lipinski definition) is 0. The molecule has 1 saturated carbocycles. The van der Waals surface area contributed by atoms with E-state index in [0.29, 0.717) is 6.42 Å². The molecule has 4 aromatic rings. The van der Waals surface area contributed by atoms with Gasteiger partial charge < -0.3 is 9.47 Å². The number of benzene rings is 3. The van der Waals surface area contributed by atoms with Gasteiger partial charge in [-0.1, -0.05) is 72.3 Å². The fraction of sp³-hybridized carbons (Fsp3) is 0.226. The average molecular weight is 476 g/mol. The predicted molar refractivity (Wildman–Crippen MR) is 141 cm³/mol. The number of hydrogen-bond acceptors (Lipinski definition) is 2. The molecule has 1 aromatic heterocycles. The van der Waals surface area contributed by atoms with Gasteiger partial charge in [-0.15, -0.1) is 0 Å². The zero-order chi connectivity index (χ0) is 24.6. The Morgan fingerprint density at radius 2 is 1.53 bits per heavy atom. The number of aryl methyl sites for hydroxylation is 1. The van der Waals surface area contributed by atoms with Crippen molar-refractivity contribution in [2.24, 2.45) is 0 Å². The molecule has 1 unspecified atom stereocenters. The first kappa shape index (κ1) is 22.4. The monoisotopic (exact) mass is 475 g/mol. The second-order valence-electron chi connectivity index (χ2n) is 9.78. The van der Waals surface area contributed by atoms with Crippen LogP contribution < -0.4 is 4.90 Å². The highest BCUT2D eigenvalue weighted by molar-refractivity contribution is 6.00. The maximum atomic E-state index is 14.2. The molecule has 6 rings (SSSR count). The van der Waals surface area contributed by atoms with E-state index in [1.165, 1.54) is 5.56 Å². The third-order valence-corrected chi connectivity index (χ3v) is 7.19. The molecule has 0 spiro atoms. The van der Waals surface area contributed by atoms with Crippen LogP contribution in [0.15, 0.2) is 97.2 Å². The third kappa shape index (κ3) is 4.11. The summed E-state index contributed by atoms with van der Waals surface area (Å²) in [5.74, 6) is -0.0496. The van der Waals surface area contributed by atoms with Crippen molar-refractivity contribution in [2.75, 3.05) is 11.4 Å². The Balaban J connectivity index is 1.37. The van der Waals surface area contributed by atoms with Crippen molar-refractivity contribution in [1.82, 2.24) is 9.47 Å². The van der Waals surface area contributed by atoms with Crippen molar-refractivity contribution in [2.45, 2.75) is 38.3 Å². The molecule has 2 heterocycles. The molecule has 2 aliphatic rings. The number of para-hydroxylation sites is 2. The summed E-state index contributed by atoms with van der Waals surface area (Å²) in [5.41, 5.74) is 6.08. The number of fused-ring (bicyclic) bond motifs is 3. The number of rotatable bonds is 6. The molecule has 180 valence electrons. The Bertz CT molecular complexity index is 1400.